The van der Waals surface area contributed by atoms with E-state index in [1.165, 1.54) is 0 Å². The van der Waals surface area contributed by atoms with Gasteiger partial charge >= 0.3 is 0 Å². The summed E-state index contributed by atoms with van der Waals surface area (Å²) in [5.41, 5.74) is 2.16. The summed E-state index contributed by atoms with van der Waals surface area (Å²) in [6.07, 6.45) is 1.73. The maximum absolute atomic E-state index is 5.69. The number of benzene rings is 2. The van der Waals surface area contributed by atoms with E-state index in [1.807, 2.05) is 48.5 Å². The molecule has 0 saturated carbocycles. The highest BCUT2D eigenvalue weighted by atomic mass is 127. The molecule has 0 atom stereocenters. The van der Waals surface area contributed by atoms with Crippen LogP contribution in [0.1, 0.15) is 11.1 Å². The molecular weight excluding hydrogens is 481 g/mol. The summed E-state index contributed by atoms with van der Waals surface area (Å²) in [7, 11) is 3.41. The SMILES string of the molecule is C=CCOc1ccccc1CNC(=NC)NCc1cccc(OCCOC)c1.I. The van der Waals surface area contributed by atoms with Crippen molar-refractivity contribution >= 4 is 29.9 Å². The first-order chi connectivity index (χ1) is 13.8. The Balaban J connectivity index is 0.00000420. The lowest BCUT2D eigenvalue weighted by Gasteiger charge is -2.15. The molecule has 0 aliphatic rings. The van der Waals surface area contributed by atoms with Gasteiger partial charge in [0, 0.05) is 32.8 Å². The molecule has 0 aliphatic carbocycles. The predicted octanol–water partition coefficient (Wildman–Crippen LogP) is 3.76. The van der Waals surface area contributed by atoms with Gasteiger partial charge in [-0.15, -0.1) is 24.0 Å². The first-order valence-electron chi connectivity index (χ1n) is 9.23. The largest absolute Gasteiger partial charge is 0.491 e. The predicted molar refractivity (Wildman–Crippen MR) is 128 cm³/mol. The summed E-state index contributed by atoms with van der Waals surface area (Å²) in [6, 6.07) is 15.9. The van der Waals surface area contributed by atoms with Gasteiger partial charge < -0.3 is 24.8 Å². The van der Waals surface area contributed by atoms with E-state index in [4.69, 9.17) is 14.2 Å². The molecule has 2 aromatic carbocycles. The van der Waals surface area contributed by atoms with E-state index in [0.29, 0.717) is 38.9 Å². The summed E-state index contributed by atoms with van der Waals surface area (Å²) in [5.74, 6) is 2.38. The number of rotatable bonds is 11. The van der Waals surface area contributed by atoms with Crippen LogP contribution < -0.4 is 20.1 Å². The first kappa shape index (κ1) is 24.8. The Kier molecular flexibility index (Phi) is 12.6. The third-order valence-electron chi connectivity index (χ3n) is 3.91. The van der Waals surface area contributed by atoms with Crippen LogP contribution in [0.5, 0.6) is 11.5 Å². The van der Waals surface area contributed by atoms with E-state index in [0.717, 1.165) is 22.6 Å². The zero-order valence-corrected chi connectivity index (χ0v) is 19.3. The Morgan fingerprint density at radius 2 is 1.83 bits per heavy atom. The Labute approximate surface area is 190 Å². The zero-order valence-electron chi connectivity index (χ0n) is 17.0. The van der Waals surface area contributed by atoms with Gasteiger partial charge in [0.05, 0.1) is 6.61 Å². The van der Waals surface area contributed by atoms with Crippen molar-refractivity contribution in [2.24, 2.45) is 4.99 Å². The molecule has 0 amide bonds. The molecule has 0 heterocycles. The summed E-state index contributed by atoms with van der Waals surface area (Å²) in [5, 5.41) is 6.63. The van der Waals surface area contributed by atoms with Gasteiger partial charge in [-0.25, -0.2) is 0 Å². The van der Waals surface area contributed by atoms with Crippen molar-refractivity contribution in [3.05, 3.63) is 72.3 Å². The fourth-order valence-electron chi connectivity index (χ4n) is 2.51. The maximum Gasteiger partial charge on any atom is 0.191 e. The number of para-hydroxylation sites is 1. The molecule has 29 heavy (non-hydrogen) atoms. The molecule has 6 nitrogen and oxygen atoms in total. The van der Waals surface area contributed by atoms with E-state index in [1.54, 1.807) is 20.2 Å². The number of nitrogens with one attached hydrogen (secondary N) is 2. The summed E-state index contributed by atoms with van der Waals surface area (Å²) in [6.45, 7) is 6.50. The number of methoxy groups -OCH3 is 1. The number of ether oxygens (including phenoxy) is 3. The van der Waals surface area contributed by atoms with Crippen molar-refractivity contribution in [3.8, 4) is 11.5 Å². The second-order valence-electron chi connectivity index (χ2n) is 5.98. The van der Waals surface area contributed by atoms with Gasteiger partial charge in [-0.2, -0.15) is 0 Å². The average Bonchev–Trinajstić information content (AvgIpc) is 2.73. The molecule has 0 bridgehead atoms. The molecule has 2 N–H and O–H groups in total. The summed E-state index contributed by atoms with van der Waals surface area (Å²) < 4.78 is 16.4. The molecular formula is C22H30IN3O3. The van der Waals surface area contributed by atoms with E-state index in [2.05, 4.69) is 22.2 Å². The number of nitrogens with zero attached hydrogens (tertiary/aromatic N) is 1. The third kappa shape index (κ3) is 9.19. The lowest BCUT2D eigenvalue weighted by molar-refractivity contribution is 0.146. The molecule has 2 rings (SSSR count). The first-order valence-corrected chi connectivity index (χ1v) is 9.23. The van der Waals surface area contributed by atoms with Crippen LogP contribution in [0.2, 0.25) is 0 Å². The molecule has 0 saturated heterocycles. The fraction of sp³-hybridized carbons (Fsp3) is 0.318. The van der Waals surface area contributed by atoms with Crippen LogP contribution in [0.15, 0.2) is 66.2 Å². The van der Waals surface area contributed by atoms with Gasteiger partial charge in [-0.05, 0) is 23.8 Å². The average molecular weight is 511 g/mol. The monoisotopic (exact) mass is 511 g/mol. The minimum atomic E-state index is 0. The molecule has 2 aromatic rings. The molecule has 0 radical (unpaired) electrons. The lowest BCUT2D eigenvalue weighted by atomic mass is 10.2. The van der Waals surface area contributed by atoms with Crippen molar-refractivity contribution in [2.45, 2.75) is 13.1 Å². The van der Waals surface area contributed by atoms with Gasteiger partial charge in [0.15, 0.2) is 5.96 Å². The van der Waals surface area contributed by atoms with Crippen LogP contribution in [-0.4, -0.2) is 39.9 Å². The standard InChI is InChI=1S/C22H29N3O3.HI/c1-4-12-28-21-11-6-5-9-19(21)17-25-22(23-2)24-16-18-8-7-10-20(15-18)27-14-13-26-3;/h4-11,15H,1,12-14,16-17H2,2-3H3,(H2,23,24,25);1H. The van der Waals surface area contributed by atoms with E-state index < -0.39 is 0 Å². The van der Waals surface area contributed by atoms with Crippen LogP contribution in [-0.2, 0) is 17.8 Å². The van der Waals surface area contributed by atoms with Crippen molar-refractivity contribution in [1.82, 2.24) is 10.6 Å². The highest BCUT2D eigenvalue weighted by Gasteiger charge is 2.05. The van der Waals surface area contributed by atoms with Crippen LogP contribution in [0.3, 0.4) is 0 Å². The van der Waals surface area contributed by atoms with Gasteiger partial charge in [-0.1, -0.05) is 43.0 Å². The van der Waals surface area contributed by atoms with Crippen LogP contribution in [0.4, 0.5) is 0 Å². The van der Waals surface area contributed by atoms with Crippen molar-refractivity contribution in [1.29, 1.82) is 0 Å². The Morgan fingerprint density at radius 1 is 1.03 bits per heavy atom. The van der Waals surface area contributed by atoms with Crippen molar-refractivity contribution < 1.29 is 14.2 Å². The topological polar surface area (TPSA) is 64.1 Å². The van der Waals surface area contributed by atoms with Gasteiger partial charge in [0.25, 0.3) is 0 Å². The molecule has 0 fully saturated rings. The highest BCUT2D eigenvalue weighted by Crippen LogP contribution is 2.17. The normalized spacial score (nSPS) is 10.6. The van der Waals surface area contributed by atoms with Gasteiger partial charge in [0.2, 0.25) is 0 Å². The Hall–Kier alpha value is -2.26. The molecule has 158 valence electrons. The van der Waals surface area contributed by atoms with Crippen LogP contribution >= 0.6 is 24.0 Å². The summed E-state index contributed by atoms with van der Waals surface area (Å²) in [4.78, 5) is 4.28. The van der Waals surface area contributed by atoms with Crippen LogP contribution in [0.25, 0.3) is 0 Å². The Bertz CT molecular complexity index is 768. The fourth-order valence-corrected chi connectivity index (χ4v) is 2.51. The maximum atomic E-state index is 5.69. The quantitative estimate of drug-likeness (QED) is 0.158. The highest BCUT2D eigenvalue weighted by molar-refractivity contribution is 14.0. The summed E-state index contributed by atoms with van der Waals surface area (Å²) >= 11 is 0. The van der Waals surface area contributed by atoms with Gasteiger partial charge in [0.1, 0.15) is 24.7 Å². The number of hydrogen-bond donors (Lipinski definition) is 2. The van der Waals surface area contributed by atoms with Crippen molar-refractivity contribution in [3.63, 3.8) is 0 Å². The number of aliphatic imine (C=N–C) groups is 1. The van der Waals surface area contributed by atoms with E-state index >= 15 is 0 Å². The molecule has 0 aromatic heterocycles. The molecule has 7 heteroatoms. The molecule has 0 spiro atoms. The zero-order chi connectivity index (χ0) is 20.0. The number of guanidine groups is 1. The van der Waals surface area contributed by atoms with Gasteiger partial charge in [-0.3, -0.25) is 4.99 Å². The van der Waals surface area contributed by atoms with Crippen LogP contribution in [0, 0.1) is 0 Å². The van der Waals surface area contributed by atoms with E-state index in [9.17, 15) is 0 Å². The molecule has 0 aliphatic heterocycles. The second-order valence-corrected chi connectivity index (χ2v) is 5.98. The smallest absolute Gasteiger partial charge is 0.191 e. The minimum Gasteiger partial charge on any atom is -0.491 e. The lowest BCUT2D eigenvalue weighted by Crippen LogP contribution is -2.36. The Morgan fingerprint density at radius 3 is 2.59 bits per heavy atom. The number of halogens is 1. The third-order valence-corrected chi connectivity index (χ3v) is 3.91. The second kappa shape index (κ2) is 14.7. The number of hydrogen-bond acceptors (Lipinski definition) is 4. The molecule has 0 unspecified atom stereocenters. The minimum absolute atomic E-state index is 0. The van der Waals surface area contributed by atoms with Crippen molar-refractivity contribution in [2.75, 3.05) is 34.0 Å². The van der Waals surface area contributed by atoms with E-state index in [-0.39, 0.29) is 24.0 Å².